The number of rotatable bonds is 4. The van der Waals surface area contributed by atoms with E-state index < -0.39 is 65.2 Å². The first kappa shape index (κ1) is 25.8. The normalized spacial score (nSPS) is 15.7. The molecule has 1 saturated heterocycles. The summed E-state index contributed by atoms with van der Waals surface area (Å²) in [5, 5.41) is 2.64. The van der Waals surface area contributed by atoms with Gasteiger partial charge in [0, 0.05) is 0 Å². The lowest BCUT2D eigenvalue weighted by molar-refractivity contribution is -0.137. The third kappa shape index (κ3) is 5.99. The number of nitrogens with one attached hydrogen (secondary N) is 1. The number of nitrogens with zero attached hydrogens (tertiary/aromatic N) is 4. The molecule has 1 aromatic heterocycles. The summed E-state index contributed by atoms with van der Waals surface area (Å²) in [6.07, 6.45) is -11.3. The second kappa shape index (κ2) is 8.74. The van der Waals surface area contributed by atoms with Gasteiger partial charge in [-0.3, -0.25) is 9.80 Å². The van der Waals surface area contributed by atoms with Gasteiger partial charge in [0.15, 0.2) is 11.6 Å². The molecule has 0 atom stereocenters. The van der Waals surface area contributed by atoms with Gasteiger partial charge in [-0.2, -0.15) is 31.3 Å². The van der Waals surface area contributed by atoms with Crippen LogP contribution in [-0.2, 0) is 6.18 Å². The van der Waals surface area contributed by atoms with Crippen LogP contribution in [0, 0.1) is 5.82 Å². The van der Waals surface area contributed by atoms with Crippen molar-refractivity contribution in [3.63, 3.8) is 0 Å². The van der Waals surface area contributed by atoms with Crippen molar-refractivity contribution >= 4 is 29.6 Å². The van der Waals surface area contributed by atoms with Gasteiger partial charge < -0.3 is 15.8 Å². The van der Waals surface area contributed by atoms with Crippen molar-refractivity contribution in [3.05, 3.63) is 35.8 Å². The van der Waals surface area contributed by atoms with Crippen molar-refractivity contribution < 1.29 is 45.1 Å². The van der Waals surface area contributed by atoms with E-state index in [1.54, 1.807) is 13.8 Å². The molecule has 35 heavy (non-hydrogen) atoms. The number of benzene rings is 1. The zero-order chi connectivity index (χ0) is 26.3. The highest BCUT2D eigenvalue weighted by atomic mass is 19.4. The molecule has 0 radical (unpaired) electrons. The molecule has 0 unspecified atom stereocenters. The SMILES string of the molecule is CC1(C)CN(c2ncc(OC(=O)N(CC(F)(F)F)c3cc(C(F)(F)F)ccc3F)c(N)n2)C(=O)N1. The molecule has 2 heterocycles. The van der Waals surface area contributed by atoms with E-state index in [2.05, 4.69) is 15.3 Å². The van der Waals surface area contributed by atoms with Crippen LogP contribution in [0.15, 0.2) is 24.4 Å². The van der Waals surface area contributed by atoms with Gasteiger partial charge in [0.05, 0.1) is 29.5 Å². The van der Waals surface area contributed by atoms with Crippen LogP contribution in [0.2, 0.25) is 0 Å². The molecule has 1 fully saturated rings. The second-order valence-electron chi connectivity index (χ2n) is 8.05. The highest BCUT2D eigenvalue weighted by molar-refractivity contribution is 5.94. The highest BCUT2D eigenvalue weighted by Crippen LogP contribution is 2.35. The predicted molar refractivity (Wildman–Crippen MR) is 107 cm³/mol. The number of ether oxygens (including phenoxy) is 1. The average Bonchev–Trinajstić information content (AvgIpc) is 2.99. The fourth-order valence-electron chi connectivity index (χ4n) is 3.08. The Morgan fingerprint density at radius 3 is 2.43 bits per heavy atom. The first-order chi connectivity index (χ1) is 16.0. The van der Waals surface area contributed by atoms with Crippen LogP contribution in [0.4, 0.5) is 57.8 Å². The standard InChI is InChI=1S/C19H17F7N6O3/c1-17(2)7-32(15(33)30-17)14-28-6-12(13(27)29-14)35-16(34)31(8-18(21,22)23)11-5-9(19(24,25)26)3-4-10(11)20/h3-6H,7-8H2,1-2H3,(H,30,33)(H2,27,28,29). The number of nitrogen functional groups attached to an aromatic ring is 1. The van der Waals surface area contributed by atoms with Crippen molar-refractivity contribution in [1.82, 2.24) is 15.3 Å². The quantitative estimate of drug-likeness (QED) is 0.599. The zero-order valence-corrected chi connectivity index (χ0v) is 18.0. The maximum absolute atomic E-state index is 14.2. The molecule has 190 valence electrons. The molecule has 3 rings (SSSR count). The molecule has 0 spiro atoms. The average molecular weight is 510 g/mol. The monoisotopic (exact) mass is 510 g/mol. The summed E-state index contributed by atoms with van der Waals surface area (Å²) in [5.41, 5.74) is 2.23. The van der Waals surface area contributed by atoms with Crippen molar-refractivity contribution in [2.45, 2.75) is 31.7 Å². The predicted octanol–water partition coefficient (Wildman–Crippen LogP) is 4.09. The smallest absolute Gasteiger partial charge is 0.404 e. The van der Waals surface area contributed by atoms with Gasteiger partial charge in [0.25, 0.3) is 0 Å². The van der Waals surface area contributed by atoms with E-state index in [9.17, 15) is 40.3 Å². The molecule has 1 aliphatic rings. The largest absolute Gasteiger partial charge is 0.420 e. The van der Waals surface area contributed by atoms with Gasteiger partial charge in [-0.05, 0) is 32.0 Å². The van der Waals surface area contributed by atoms with E-state index in [1.807, 2.05) is 0 Å². The van der Waals surface area contributed by atoms with Gasteiger partial charge in [0.1, 0.15) is 12.4 Å². The first-order valence-electron chi connectivity index (χ1n) is 9.62. The maximum atomic E-state index is 14.2. The Balaban J connectivity index is 1.91. The Kier molecular flexibility index (Phi) is 6.43. The lowest BCUT2D eigenvalue weighted by Crippen LogP contribution is -2.41. The van der Waals surface area contributed by atoms with E-state index in [1.165, 1.54) is 0 Å². The summed E-state index contributed by atoms with van der Waals surface area (Å²) >= 11 is 0. The summed E-state index contributed by atoms with van der Waals surface area (Å²) in [6.45, 7) is 1.39. The first-order valence-corrected chi connectivity index (χ1v) is 9.62. The molecular formula is C19H17F7N6O3. The van der Waals surface area contributed by atoms with Gasteiger partial charge in [-0.15, -0.1) is 0 Å². The Bertz CT molecular complexity index is 1150. The molecular weight excluding hydrogens is 493 g/mol. The van der Waals surface area contributed by atoms with Crippen LogP contribution in [-0.4, -0.2) is 46.9 Å². The lowest BCUT2D eigenvalue weighted by Gasteiger charge is -2.24. The number of alkyl halides is 6. The Hall–Kier alpha value is -3.85. The van der Waals surface area contributed by atoms with Crippen LogP contribution in [0.3, 0.4) is 0 Å². The zero-order valence-electron chi connectivity index (χ0n) is 18.0. The van der Waals surface area contributed by atoms with Crippen molar-refractivity contribution in [2.24, 2.45) is 0 Å². The number of hydrogen-bond donors (Lipinski definition) is 2. The number of aromatic nitrogens is 2. The van der Waals surface area contributed by atoms with Crippen molar-refractivity contribution in [2.75, 3.05) is 28.6 Å². The Labute approximate surface area is 192 Å². The summed E-state index contributed by atoms with van der Waals surface area (Å²) in [7, 11) is 0. The summed E-state index contributed by atoms with van der Waals surface area (Å²) in [5.74, 6) is -2.99. The van der Waals surface area contributed by atoms with Gasteiger partial charge in [0.2, 0.25) is 5.95 Å². The van der Waals surface area contributed by atoms with E-state index in [0.29, 0.717) is 6.07 Å². The number of urea groups is 1. The molecule has 1 aliphatic heterocycles. The van der Waals surface area contributed by atoms with E-state index in [4.69, 9.17) is 10.5 Å². The van der Waals surface area contributed by atoms with Crippen LogP contribution in [0.25, 0.3) is 0 Å². The number of nitrogens with two attached hydrogens (primary N) is 1. The van der Waals surface area contributed by atoms with Gasteiger partial charge in [-0.25, -0.2) is 19.0 Å². The van der Waals surface area contributed by atoms with Crippen LogP contribution < -0.4 is 25.6 Å². The number of anilines is 3. The van der Waals surface area contributed by atoms with E-state index in [0.717, 1.165) is 11.1 Å². The third-order valence-corrected chi connectivity index (χ3v) is 4.57. The van der Waals surface area contributed by atoms with Crippen molar-refractivity contribution in [1.29, 1.82) is 0 Å². The van der Waals surface area contributed by atoms with Gasteiger partial charge >= 0.3 is 24.5 Å². The van der Waals surface area contributed by atoms with Gasteiger partial charge in [-0.1, -0.05) is 0 Å². The minimum Gasteiger partial charge on any atom is -0.404 e. The molecule has 3 amide bonds. The molecule has 0 aliphatic carbocycles. The fraction of sp³-hybridized carbons (Fsp3) is 0.368. The number of halogens is 7. The summed E-state index contributed by atoms with van der Waals surface area (Å²) < 4.78 is 97.2. The van der Waals surface area contributed by atoms with Crippen LogP contribution in [0.1, 0.15) is 19.4 Å². The minimum atomic E-state index is -5.14. The summed E-state index contributed by atoms with van der Waals surface area (Å²) in [6, 6.07) is 0.0504. The second-order valence-corrected chi connectivity index (χ2v) is 8.05. The molecule has 3 N–H and O–H groups in total. The number of carbonyl (C=O) groups excluding carboxylic acids is 2. The molecule has 16 heteroatoms. The maximum Gasteiger partial charge on any atom is 0.420 e. The van der Waals surface area contributed by atoms with Crippen LogP contribution in [0.5, 0.6) is 5.75 Å². The fourth-order valence-corrected chi connectivity index (χ4v) is 3.08. The molecule has 9 nitrogen and oxygen atoms in total. The minimum absolute atomic E-state index is 0.0407. The van der Waals surface area contributed by atoms with E-state index in [-0.39, 0.29) is 29.5 Å². The molecule has 2 aromatic rings. The Morgan fingerprint density at radius 2 is 1.91 bits per heavy atom. The lowest BCUT2D eigenvalue weighted by atomic mass is 10.1. The highest BCUT2D eigenvalue weighted by Gasteiger charge is 2.39. The number of amides is 3. The third-order valence-electron chi connectivity index (χ3n) is 4.57. The Morgan fingerprint density at radius 1 is 1.26 bits per heavy atom. The molecule has 0 saturated carbocycles. The number of hydrogen-bond acceptors (Lipinski definition) is 6. The van der Waals surface area contributed by atoms with Crippen LogP contribution >= 0.6 is 0 Å². The molecule has 0 bridgehead atoms. The summed E-state index contributed by atoms with van der Waals surface area (Å²) in [4.78, 5) is 32.9. The van der Waals surface area contributed by atoms with Crippen molar-refractivity contribution in [3.8, 4) is 5.75 Å². The molecule has 1 aromatic carbocycles. The van der Waals surface area contributed by atoms with E-state index >= 15 is 0 Å². The number of carbonyl (C=O) groups is 2. The topological polar surface area (TPSA) is 114 Å².